The highest BCUT2D eigenvalue weighted by Crippen LogP contribution is 2.09. The van der Waals surface area contributed by atoms with E-state index in [1.165, 1.54) is 5.56 Å². The van der Waals surface area contributed by atoms with E-state index in [1.54, 1.807) is 49.4 Å². The molecule has 0 saturated carbocycles. The number of hydrogen-bond donors (Lipinski definition) is 1. The summed E-state index contributed by atoms with van der Waals surface area (Å²) < 4.78 is 10.00. The number of hydrogen-bond acceptors (Lipinski definition) is 5. The van der Waals surface area contributed by atoms with Crippen LogP contribution in [0.3, 0.4) is 0 Å². The predicted octanol–water partition coefficient (Wildman–Crippen LogP) is 4.53. The molecular weight excluding hydrogens is 370 g/mol. The van der Waals surface area contributed by atoms with E-state index in [1.807, 2.05) is 12.1 Å². The first kappa shape index (κ1) is 22.1. The van der Waals surface area contributed by atoms with E-state index in [4.69, 9.17) is 9.47 Å². The molecule has 0 aliphatic heterocycles. The SMILES string of the molecule is CCCCc1ccc(C(=O)OCCC(C)NC(=O)OC(=O)c2ccccc2)cc1. The molecule has 6 heteroatoms. The average molecular weight is 397 g/mol. The van der Waals surface area contributed by atoms with Crippen molar-refractivity contribution >= 4 is 18.0 Å². The summed E-state index contributed by atoms with van der Waals surface area (Å²) in [5, 5.41) is 2.55. The Morgan fingerprint density at radius 3 is 2.24 bits per heavy atom. The fourth-order valence-corrected chi connectivity index (χ4v) is 2.62. The van der Waals surface area contributed by atoms with Crippen LogP contribution in [-0.2, 0) is 15.9 Å². The number of alkyl carbamates (subject to hydrolysis) is 1. The lowest BCUT2D eigenvalue weighted by atomic mass is 10.1. The summed E-state index contributed by atoms with van der Waals surface area (Å²) in [6, 6.07) is 15.4. The summed E-state index contributed by atoms with van der Waals surface area (Å²) in [5.74, 6) is -1.12. The second kappa shape index (κ2) is 11.6. The van der Waals surface area contributed by atoms with Crippen LogP contribution in [-0.4, -0.2) is 30.7 Å². The van der Waals surface area contributed by atoms with E-state index < -0.39 is 18.0 Å². The van der Waals surface area contributed by atoms with Crippen LogP contribution < -0.4 is 5.32 Å². The molecule has 1 atom stereocenters. The van der Waals surface area contributed by atoms with Crippen LogP contribution in [0.25, 0.3) is 0 Å². The van der Waals surface area contributed by atoms with Gasteiger partial charge in [-0.05, 0) is 49.6 Å². The second-order valence-corrected chi connectivity index (χ2v) is 6.81. The molecule has 0 bridgehead atoms. The van der Waals surface area contributed by atoms with Crippen molar-refractivity contribution < 1.29 is 23.9 Å². The largest absolute Gasteiger partial charge is 0.462 e. The third-order valence-corrected chi connectivity index (χ3v) is 4.35. The summed E-state index contributed by atoms with van der Waals surface area (Å²) in [6.45, 7) is 4.03. The van der Waals surface area contributed by atoms with Crippen LogP contribution >= 0.6 is 0 Å². The number of unbranched alkanes of at least 4 members (excludes halogenated alkanes) is 1. The monoisotopic (exact) mass is 397 g/mol. The zero-order valence-corrected chi connectivity index (χ0v) is 16.9. The highest BCUT2D eigenvalue weighted by molar-refractivity contribution is 5.96. The number of rotatable bonds is 9. The summed E-state index contributed by atoms with van der Waals surface area (Å²) >= 11 is 0. The molecule has 0 saturated heterocycles. The van der Waals surface area contributed by atoms with Crippen LogP contribution in [0.2, 0.25) is 0 Å². The average Bonchev–Trinajstić information content (AvgIpc) is 2.73. The van der Waals surface area contributed by atoms with Gasteiger partial charge < -0.3 is 14.8 Å². The third-order valence-electron chi connectivity index (χ3n) is 4.35. The Morgan fingerprint density at radius 1 is 0.931 bits per heavy atom. The Kier molecular flexibility index (Phi) is 8.89. The number of esters is 2. The molecule has 2 aromatic rings. The molecule has 0 aliphatic rings. The Bertz CT molecular complexity index is 802. The van der Waals surface area contributed by atoms with Crippen LogP contribution in [0.4, 0.5) is 4.79 Å². The van der Waals surface area contributed by atoms with E-state index in [-0.39, 0.29) is 12.6 Å². The van der Waals surface area contributed by atoms with Crippen molar-refractivity contribution in [3.05, 3.63) is 71.3 Å². The van der Waals surface area contributed by atoms with Gasteiger partial charge in [-0.3, -0.25) is 0 Å². The van der Waals surface area contributed by atoms with E-state index >= 15 is 0 Å². The minimum Gasteiger partial charge on any atom is -0.462 e. The lowest BCUT2D eigenvalue weighted by Crippen LogP contribution is -2.35. The van der Waals surface area contributed by atoms with Crippen LogP contribution in [0.5, 0.6) is 0 Å². The Morgan fingerprint density at radius 2 is 1.59 bits per heavy atom. The Hall–Kier alpha value is -3.15. The molecule has 0 spiro atoms. The molecule has 0 radical (unpaired) electrons. The molecule has 2 aromatic carbocycles. The molecule has 154 valence electrons. The molecule has 0 aromatic heterocycles. The molecule has 1 amide bonds. The van der Waals surface area contributed by atoms with Crippen molar-refractivity contribution in [3.8, 4) is 0 Å². The van der Waals surface area contributed by atoms with Crippen molar-refractivity contribution in [3.63, 3.8) is 0 Å². The first-order valence-corrected chi connectivity index (χ1v) is 9.83. The molecule has 0 heterocycles. The number of nitrogens with one attached hydrogen (secondary N) is 1. The maximum Gasteiger partial charge on any atom is 0.415 e. The van der Waals surface area contributed by atoms with E-state index in [2.05, 4.69) is 12.2 Å². The molecule has 29 heavy (non-hydrogen) atoms. The number of amides is 1. The standard InChI is InChI=1S/C23H27NO5/c1-3-4-8-18-11-13-20(14-12-18)21(25)28-16-15-17(2)24-23(27)29-22(26)19-9-6-5-7-10-19/h5-7,9-14,17H,3-4,8,15-16H2,1-2H3,(H,24,27). The first-order valence-electron chi connectivity index (χ1n) is 9.83. The fourth-order valence-electron chi connectivity index (χ4n) is 2.62. The number of carbonyl (C=O) groups is 3. The topological polar surface area (TPSA) is 81.7 Å². The van der Waals surface area contributed by atoms with Crippen molar-refractivity contribution in [2.75, 3.05) is 6.61 Å². The van der Waals surface area contributed by atoms with Crippen molar-refractivity contribution in [2.24, 2.45) is 0 Å². The van der Waals surface area contributed by atoms with Gasteiger partial charge in [-0.25, -0.2) is 14.4 Å². The van der Waals surface area contributed by atoms with Crippen molar-refractivity contribution in [1.82, 2.24) is 5.32 Å². The number of ether oxygens (including phenoxy) is 2. The van der Waals surface area contributed by atoms with Crippen LogP contribution in [0.1, 0.15) is 59.4 Å². The quantitative estimate of drug-likeness (QED) is 0.496. The lowest BCUT2D eigenvalue weighted by Gasteiger charge is -2.13. The minimum atomic E-state index is -0.833. The summed E-state index contributed by atoms with van der Waals surface area (Å²) in [6.07, 6.45) is 2.81. The van der Waals surface area contributed by atoms with Gasteiger partial charge in [-0.2, -0.15) is 0 Å². The van der Waals surface area contributed by atoms with Gasteiger partial charge in [0.1, 0.15) is 0 Å². The fraction of sp³-hybridized carbons (Fsp3) is 0.348. The van der Waals surface area contributed by atoms with Crippen LogP contribution in [0.15, 0.2) is 54.6 Å². The molecule has 0 aliphatic carbocycles. The summed E-state index contributed by atoms with van der Waals surface area (Å²) in [5.41, 5.74) is 1.99. The molecule has 0 fully saturated rings. The van der Waals surface area contributed by atoms with Crippen molar-refractivity contribution in [1.29, 1.82) is 0 Å². The smallest absolute Gasteiger partial charge is 0.415 e. The Labute approximate surface area is 171 Å². The molecule has 6 nitrogen and oxygen atoms in total. The van der Waals surface area contributed by atoms with Gasteiger partial charge in [0.25, 0.3) is 0 Å². The highest BCUT2D eigenvalue weighted by atomic mass is 16.6. The van der Waals surface area contributed by atoms with Gasteiger partial charge in [0.15, 0.2) is 0 Å². The number of aryl methyl sites for hydroxylation is 1. The van der Waals surface area contributed by atoms with Gasteiger partial charge in [0, 0.05) is 12.5 Å². The predicted molar refractivity (Wildman–Crippen MR) is 110 cm³/mol. The first-order chi connectivity index (χ1) is 14.0. The molecule has 1 N–H and O–H groups in total. The van der Waals surface area contributed by atoms with Gasteiger partial charge in [-0.15, -0.1) is 0 Å². The normalized spacial score (nSPS) is 11.4. The summed E-state index contributed by atoms with van der Waals surface area (Å²) in [7, 11) is 0. The van der Waals surface area contributed by atoms with Gasteiger partial charge in [0.2, 0.25) is 0 Å². The molecule has 1 unspecified atom stereocenters. The van der Waals surface area contributed by atoms with Gasteiger partial charge in [0.05, 0.1) is 17.7 Å². The number of benzene rings is 2. The molecular formula is C23H27NO5. The zero-order chi connectivity index (χ0) is 21.1. The van der Waals surface area contributed by atoms with Gasteiger partial charge in [-0.1, -0.05) is 43.7 Å². The number of carbonyl (C=O) groups excluding carboxylic acids is 3. The van der Waals surface area contributed by atoms with Crippen molar-refractivity contribution in [2.45, 2.75) is 45.6 Å². The van der Waals surface area contributed by atoms with Crippen LogP contribution in [0, 0.1) is 0 Å². The van der Waals surface area contributed by atoms with E-state index in [0.29, 0.717) is 17.5 Å². The highest BCUT2D eigenvalue weighted by Gasteiger charge is 2.15. The lowest BCUT2D eigenvalue weighted by molar-refractivity contribution is 0.0491. The maximum atomic E-state index is 12.1. The van der Waals surface area contributed by atoms with E-state index in [9.17, 15) is 14.4 Å². The maximum absolute atomic E-state index is 12.1. The van der Waals surface area contributed by atoms with E-state index in [0.717, 1.165) is 19.3 Å². The molecule has 2 rings (SSSR count). The van der Waals surface area contributed by atoms with Gasteiger partial charge >= 0.3 is 18.0 Å². The summed E-state index contributed by atoms with van der Waals surface area (Å²) in [4.78, 5) is 35.7. The Balaban J connectivity index is 1.69. The zero-order valence-electron chi connectivity index (χ0n) is 16.9. The minimum absolute atomic E-state index is 0.143. The second-order valence-electron chi connectivity index (χ2n) is 6.81. The third kappa shape index (κ3) is 7.78.